The lowest BCUT2D eigenvalue weighted by atomic mass is 10.1. The number of carbonyl (C=O) groups excluding carboxylic acids is 1. The maximum atomic E-state index is 12.8. The fourth-order valence-electron chi connectivity index (χ4n) is 3.40. The van der Waals surface area contributed by atoms with Crippen molar-refractivity contribution < 1.29 is 4.79 Å². The topological polar surface area (TPSA) is 78.0 Å². The maximum absolute atomic E-state index is 12.8. The van der Waals surface area contributed by atoms with Gasteiger partial charge in [-0.25, -0.2) is 0 Å². The van der Waals surface area contributed by atoms with Crippen LogP contribution in [0.3, 0.4) is 0 Å². The molecule has 1 atom stereocenters. The first kappa shape index (κ1) is 17.1. The number of anilines is 1. The van der Waals surface area contributed by atoms with Crippen molar-refractivity contribution in [2.24, 2.45) is 0 Å². The van der Waals surface area contributed by atoms with E-state index in [1.165, 1.54) is 11.5 Å². The van der Waals surface area contributed by atoms with Crippen LogP contribution in [0, 0.1) is 0 Å². The van der Waals surface area contributed by atoms with Gasteiger partial charge in [-0.2, -0.15) is 5.10 Å². The quantitative estimate of drug-likeness (QED) is 0.764. The second-order valence-corrected chi connectivity index (χ2v) is 7.97. The fraction of sp³-hybridized carbons (Fsp3) is 0.444. The van der Waals surface area contributed by atoms with Crippen LogP contribution in [-0.2, 0) is 11.3 Å². The Morgan fingerprint density at radius 1 is 1.38 bits per heavy atom. The Morgan fingerprint density at radius 3 is 3.04 bits per heavy atom. The van der Waals surface area contributed by atoms with E-state index in [0.29, 0.717) is 19.0 Å². The Bertz CT molecular complexity index is 933. The molecule has 3 heterocycles. The number of piperazine rings is 1. The van der Waals surface area contributed by atoms with E-state index >= 15 is 0 Å². The van der Waals surface area contributed by atoms with Crippen LogP contribution in [-0.4, -0.2) is 49.7 Å². The van der Waals surface area contributed by atoms with Crippen LogP contribution in [0.5, 0.6) is 0 Å². The molecule has 1 aromatic carbocycles. The summed E-state index contributed by atoms with van der Waals surface area (Å²) in [5.74, 6) is 0.461. The van der Waals surface area contributed by atoms with E-state index in [1.54, 1.807) is 6.20 Å². The maximum Gasteiger partial charge on any atom is 0.241 e. The van der Waals surface area contributed by atoms with Crippen LogP contribution in [0.15, 0.2) is 24.4 Å². The summed E-state index contributed by atoms with van der Waals surface area (Å²) < 4.78 is 4.10. The van der Waals surface area contributed by atoms with Crippen molar-refractivity contribution in [3.63, 3.8) is 0 Å². The van der Waals surface area contributed by atoms with Crippen molar-refractivity contribution in [1.29, 1.82) is 0 Å². The number of fused-ring (bicyclic) bond motifs is 1. The number of hydrogen-bond acceptors (Lipinski definition) is 6. The van der Waals surface area contributed by atoms with E-state index in [-0.39, 0.29) is 11.9 Å². The summed E-state index contributed by atoms with van der Waals surface area (Å²) in [6, 6.07) is 6.23. The Balaban J connectivity index is 1.52. The number of carbonyl (C=O) groups is 1. The largest absolute Gasteiger partial charge is 0.310 e. The lowest BCUT2D eigenvalue weighted by Gasteiger charge is -2.39. The lowest BCUT2D eigenvalue weighted by Crippen LogP contribution is -2.54. The van der Waals surface area contributed by atoms with Gasteiger partial charge >= 0.3 is 0 Å². The minimum atomic E-state index is 0.116. The molecule has 1 saturated heterocycles. The van der Waals surface area contributed by atoms with Gasteiger partial charge in [-0.05, 0) is 42.6 Å². The number of rotatable bonds is 4. The summed E-state index contributed by atoms with van der Waals surface area (Å²) in [5, 5.41) is 12.3. The van der Waals surface area contributed by atoms with E-state index in [2.05, 4.69) is 45.5 Å². The number of benzene rings is 1. The van der Waals surface area contributed by atoms with Crippen LogP contribution < -0.4 is 4.90 Å². The lowest BCUT2D eigenvalue weighted by molar-refractivity contribution is -0.122. The molecule has 7 nitrogen and oxygen atoms in total. The molecule has 26 heavy (non-hydrogen) atoms. The molecule has 4 rings (SSSR count). The summed E-state index contributed by atoms with van der Waals surface area (Å²) in [5.41, 5.74) is 2.91. The van der Waals surface area contributed by atoms with Crippen LogP contribution in [0.2, 0.25) is 0 Å². The molecule has 1 unspecified atom stereocenters. The molecule has 1 aliphatic rings. The molecular formula is C18H22N6OS. The predicted octanol–water partition coefficient (Wildman–Crippen LogP) is 2.78. The van der Waals surface area contributed by atoms with Gasteiger partial charge in [-0.3, -0.25) is 14.8 Å². The third-order valence-corrected chi connectivity index (χ3v) is 5.65. The highest BCUT2D eigenvalue weighted by Gasteiger charge is 2.31. The fourth-order valence-corrected chi connectivity index (χ4v) is 4.22. The van der Waals surface area contributed by atoms with Crippen LogP contribution in [0.4, 0.5) is 5.69 Å². The molecule has 0 aliphatic carbocycles. The number of hydrogen-bond donors (Lipinski definition) is 1. The third-order valence-electron chi connectivity index (χ3n) is 4.93. The molecule has 1 N–H and O–H groups in total. The van der Waals surface area contributed by atoms with E-state index in [0.717, 1.165) is 33.7 Å². The molecule has 1 aliphatic heterocycles. The molecule has 0 saturated carbocycles. The minimum absolute atomic E-state index is 0.116. The highest BCUT2D eigenvalue weighted by atomic mass is 32.1. The van der Waals surface area contributed by atoms with Crippen molar-refractivity contribution in [2.45, 2.75) is 39.3 Å². The van der Waals surface area contributed by atoms with Gasteiger partial charge in [0.1, 0.15) is 0 Å². The molecule has 0 radical (unpaired) electrons. The van der Waals surface area contributed by atoms with E-state index in [9.17, 15) is 4.79 Å². The SMILES string of the molecule is CC(C)c1nnsc1CN1CC(=O)N(c2ccc3cn[nH]c3c2)CC1C. The zero-order chi connectivity index (χ0) is 18.3. The summed E-state index contributed by atoms with van der Waals surface area (Å²) in [6.07, 6.45) is 1.79. The first-order valence-electron chi connectivity index (χ1n) is 8.81. The standard InChI is InChI=1S/C18H22N6OS/c1-11(2)18-16(26-22-21-18)9-23-10-17(25)24(8-12(23)3)14-5-4-13-7-19-20-15(13)6-14/h4-7,11-12H,8-10H2,1-3H3,(H,19,20). The minimum Gasteiger partial charge on any atom is -0.310 e. The monoisotopic (exact) mass is 370 g/mol. The van der Waals surface area contributed by atoms with Crippen molar-refractivity contribution in [1.82, 2.24) is 24.7 Å². The van der Waals surface area contributed by atoms with Gasteiger partial charge in [0.25, 0.3) is 0 Å². The smallest absolute Gasteiger partial charge is 0.241 e. The predicted molar refractivity (Wildman–Crippen MR) is 102 cm³/mol. The van der Waals surface area contributed by atoms with E-state index in [4.69, 9.17) is 0 Å². The summed E-state index contributed by atoms with van der Waals surface area (Å²) in [4.78, 5) is 18.0. The molecule has 0 spiro atoms. The van der Waals surface area contributed by atoms with Gasteiger partial charge in [-0.15, -0.1) is 5.10 Å². The highest BCUT2D eigenvalue weighted by molar-refractivity contribution is 7.05. The van der Waals surface area contributed by atoms with Gasteiger partial charge in [0.15, 0.2) is 0 Å². The normalized spacial score (nSPS) is 19.0. The van der Waals surface area contributed by atoms with Crippen LogP contribution in [0.25, 0.3) is 10.9 Å². The number of H-pyrrole nitrogens is 1. The summed E-state index contributed by atoms with van der Waals surface area (Å²) in [7, 11) is 0. The van der Waals surface area contributed by atoms with Crippen molar-refractivity contribution in [3.05, 3.63) is 35.0 Å². The van der Waals surface area contributed by atoms with E-state index < -0.39 is 0 Å². The number of amides is 1. The van der Waals surface area contributed by atoms with E-state index in [1.807, 2.05) is 23.1 Å². The Labute approximate surface area is 156 Å². The second-order valence-electron chi connectivity index (χ2n) is 7.14. The van der Waals surface area contributed by atoms with Gasteiger partial charge in [-0.1, -0.05) is 18.3 Å². The molecule has 8 heteroatoms. The average Bonchev–Trinajstić information content (AvgIpc) is 3.26. The van der Waals surface area contributed by atoms with Gasteiger partial charge in [0.05, 0.1) is 28.8 Å². The zero-order valence-corrected chi connectivity index (χ0v) is 16.0. The number of aromatic amines is 1. The van der Waals surface area contributed by atoms with Crippen molar-refractivity contribution in [3.8, 4) is 0 Å². The summed E-state index contributed by atoms with van der Waals surface area (Å²) in [6.45, 7) is 8.21. The molecule has 1 fully saturated rings. The Hall–Kier alpha value is -2.32. The third kappa shape index (κ3) is 3.10. The van der Waals surface area contributed by atoms with Crippen molar-refractivity contribution in [2.75, 3.05) is 18.0 Å². The van der Waals surface area contributed by atoms with Crippen molar-refractivity contribution >= 4 is 34.0 Å². The first-order chi connectivity index (χ1) is 12.5. The number of aromatic nitrogens is 4. The number of nitrogens with zero attached hydrogens (tertiary/aromatic N) is 5. The molecule has 0 bridgehead atoms. The summed E-state index contributed by atoms with van der Waals surface area (Å²) >= 11 is 1.44. The van der Waals surface area contributed by atoms with Gasteiger partial charge in [0.2, 0.25) is 5.91 Å². The van der Waals surface area contributed by atoms with Gasteiger partial charge < -0.3 is 4.90 Å². The average molecular weight is 370 g/mol. The van der Waals surface area contributed by atoms with Crippen LogP contribution in [0.1, 0.15) is 37.3 Å². The Kier molecular flexibility index (Phi) is 4.46. The van der Waals surface area contributed by atoms with Gasteiger partial charge in [0, 0.05) is 30.2 Å². The first-order valence-corrected chi connectivity index (χ1v) is 9.59. The molecule has 136 valence electrons. The second kappa shape index (κ2) is 6.77. The zero-order valence-electron chi connectivity index (χ0n) is 15.1. The molecule has 2 aromatic heterocycles. The molecule has 3 aromatic rings. The molecule has 1 amide bonds. The Morgan fingerprint density at radius 2 is 2.23 bits per heavy atom. The number of nitrogens with one attached hydrogen (secondary N) is 1. The highest BCUT2D eigenvalue weighted by Crippen LogP contribution is 2.27. The van der Waals surface area contributed by atoms with Crippen LogP contribution >= 0.6 is 11.5 Å². The molecular weight excluding hydrogens is 348 g/mol.